The first-order valence-electron chi connectivity index (χ1n) is 4.89. The van der Waals surface area contributed by atoms with E-state index in [9.17, 15) is 5.11 Å². The number of piperazine rings is 1. The quantitative estimate of drug-likeness (QED) is 0.423. The number of aliphatic imine (C=N–C) groups is 1. The molecule has 4 nitrogen and oxygen atoms in total. The molecule has 1 rings (SSSR count). The van der Waals surface area contributed by atoms with Crippen LogP contribution in [0.5, 0.6) is 0 Å². The summed E-state index contributed by atoms with van der Waals surface area (Å²) in [5.41, 5.74) is 0. The van der Waals surface area contributed by atoms with Gasteiger partial charge in [-0.05, 0) is 13.0 Å². The molecule has 0 atom stereocenters. The molecule has 1 aliphatic rings. The van der Waals surface area contributed by atoms with E-state index in [-0.39, 0.29) is 6.02 Å². The number of amidine groups is 1. The van der Waals surface area contributed by atoms with Gasteiger partial charge in [-0.25, -0.2) is 0 Å². The van der Waals surface area contributed by atoms with Crippen molar-refractivity contribution in [3.8, 4) is 0 Å². The average molecular weight is 184 g/mol. The molecule has 1 aliphatic heterocycles. The zero-order valence-electron chi connectivity index (χ0n) is 8.49. The van der Waals surface area contributed by atoms with E-state index in [0.717, 1.165) is 32.7 Å². The second kappa shape index (κ2) is 5.07. The normalized spacial score (nSPS) is 20.8. The molecular formula is C9H18N3O-. The van der Waals surface area contributed by atoms with Crippen LogP contribution in [0, 0.1) is 0 Å². The fourth-order valence-electron chi connectivity index (χ4n) is 1.62. The summed E-state index contributed by atoms with van der Waals surface area (Å²) in [5.74, 6) is 0. The summed E-state index contributed by atoms with van der Waals surface area (Å²) in [4.78, 5) is 7.85. The Bertz CT molecular complexity index is 174. The van der Waals surface area contributed by atoms with Crippen molar-refractivity contribution in [2.45, 2.75) is 13.3 Å². The first-order chi connectivity index (χ1) is 6.27. The van der Waals surface area contributed by atoms with Crippen molar-refractivity contribution in [3.05, 3.63) is 0 Å². The Morgan fingerprint density at radius 1 is 1.31 bits per heavy atom. The molecule has 1 heterocycles. The highest BCUT2D eigenvalue weighted by atomic mass is 16.3. The van der Waals surface area contributed by atoms with Crippen LogP contribution in [0.25, 0.3) is 0 Å². The van der Waals surface area contributed by atoms with Crippen LogP contribution < -0.4 is 5.11 Å². The molecule has 4 heteroatoms. The lowest BCUT2D eigenvalue weighted by Crippen LogP contribution is -2.52. The highest BCUT2D eigenvalue weighted by molar-refractivity contribution is 5.68. The molecule has 1 saturated heterocycles. The van der Waals surface area contributed by atoms with Gasteiger partial charge in [-0.1, -0.05) is 6.92 Å². The smallest absolute Gasteiger partial charge is 0.0496 e. The number of nitrogens with zero attached hydrogens (tertiary/aromatic N) is 3. The van der Waals surface area contributed by atoms with E-state index in [1.165, 1.54) is 6.42 Å². The first-order valence-corrected chi connectivity index (χ1v) is 4.89. The highest BCUT2D eigenvalue weighted by Gasteiger charge is 2.14. The largest absolute Gasteiger partial charge is 0.846 e. The Hall–Kier alpha value is -0.770. The minimum absolute atomic E-state index is 0.0730. The van der Waals surface area contributed by atoms with Crippen LogP contribution in [-0.2, 0) is 0 Å². The van der Waals surface area contributed by atoms with Crippen LogP contribution in [-0.4, -0.2) is 55.6 Å². The van der Waals surface area contributed by atoms with Crippen LogP contribution in [0.3, 0.4) is 0 Å². The number of hydrogen-bond acceptors (Lipinski definition) is 3. The summed E-state index contributed by atoms with van der Waals surface area (Å²) >= 11 is 0. The molecule has 0 N–H and O–H groups in total. The molecule has 0 bridgehead atoms. The van der Waals surface area contributed by atoms with Gasteiger partial charge in [0.15, 0.2) is 0 Å². The van der Waals surface area contributed by atoms with Gasteiger partial charge >= 0.3 is 0 Å². The van der Waals surface area contributed by atoms with Crippen LogP contribution in [0.4, 0.5) is 0 Å². The standard InChI is InChI=1S/C9H19N3O/c1-3-4-11-5-7-12(8-6-11)9(13)10-2/h3-8H2,1-2H3,(H,10,13)/p-1. The Morgan fingerprint density at radius 3 is 2.38 bits per heavy atom. The summed E-state index contributed by atoms with van der Waals surface area (Å²) in [6.07, 6.45) is 1.19. The third kappa shape index (κ3) is 2.88. The Labute approximate surface area is 79.9 Å². The number of rotatable bonds is 2. The zero-order chi connectivity index (χ0) is 9.68. The van der Waals surface area contributed by atoms with E-state index in [1.54, 1.807) is 7.05 Å². The first kappa shape index (κ1) is 10.3. The van der Waals surface area contributed by atoms with Gasteiger partial charge in [-0.15, -0.1) is 0 Å². The van der Waals surface area contributed by atoms with Gasteiger partial charge in [0.1, 0.15) is 0 Å². The minimum atomic E-state index is -0.0730. The van der Waals surface area contributed by atoms with Crippen LogP contribution in [0.15, 0.2) is 4.99 Å². The molecule has 0 aromatic rings. The van der Waals surface area contributed by atoms with Gasteiger partial charge < -0.3 is 10.0 Å². The zero-order valence-corrected chi connectivity index (χ0v) is 8.49. The van der Waals surface area contributed by atoms with Crippen molar-refractivity contribution in [1.82, 2.24) is 9.80 Å². The second-order valence-corrected chi connectivity index (χ2v) is 3.33. The maximum Gasteiger partial charge on any atom is 0.0496 e. The van der Waals surface area contributed by atoms with Crippen molar-refractivity contribution in [2.75, 3.05) is 39.8 Å². The van der Waals surface area contributed by atoms with Crippen LogP contribution in [0.1, 0.15) is 13.3 Å². The van der Waals surface area contributed by atoms with E-state index in [1.807, 2.05) is 4.90 Å². The molecule has 1 fully saturated rings. The molecular weight excluding hydrogens is 166 g/mol. The summed E-state index contributed by atoms with van der Waals surface area (Å²) in [6, 6.07) is -0.0730. The molecule has 0 aromatic heterocycles. The monoisotopic (exact) mass is 184 g/mol. The summed E-state index contributed by atoms with van der Waals surface area (Å²) in [5, 5.41) is 11.2. The maximum atomic E-state index is 11.2. The van der Waals surface area contributed by atoms with Gasteiger partial charge in [-0.3, -0.25) is 9.89 Å². The van der Waals surface area contributed by atoms with E-state index in [0.29, 0.717) is 0 Å². The fraction of sp³-hybridized carbons (Fsp3) is 0.889. The summed E-state index contributed by atoms with van der Waals surface area (Å²) in [6.45, 7) is 6.97. The lowest BCUT2D eigenvalue weighted by molar-refractivity contribution is -0.236. The molecule has 0 saturated carbocycles. The highest BCUT2D eigenvalue weighted by Crippen LogP contribution is 2.01. The van der Waals surface area contributed by atoms with E-state index in [2.05, 4.69) is 16.8 Å². The van der Waals surface area contributed by atoms with E-state index >= 15 is 0 Å². The molecule has 0 spiro atoms. The van der Waals surface area contributed by atoms with Crippen molar-refractivity contribution >= 4 is 6.02 Å². The summed E-state index contributed by atoms with van der Waals surface area (Å²) < 4.78 is 0. The van der Waals surface area contributed by atoms with Crippen LogP contribution in [0.2, 0.25) is 0 Å². The summed E-state index contributed by atoms with van der Waals surface area (Å²) in [7, 11) is 1.56. The fourth-order valence-corrected chi connectivity index (χ4v) is 1.62. The Morgan fingerprint density at radius 2 is 1.92 bits per heavy atom. The predicted molar refractivity (Wildman–Crippen MR) is 51.7 cm³/mol. The molecule has 0 aromatic carbocycles. The molecule has 76 valence electrons. The molecule has 0 amide bonds. The second-order valence-electron chi connectivity index (χ2n) is 3.33. The minimum Gasteiger partial charge on any atom is -0.846 e. The predicted octanol–water partition coefficient (Wildman–Crippen LogP) is -0.640. The lowest BCUT2D eigenvalue weighted by atomic mass is 10.3. The van der Waals surface area contributed by atoms with Gasteiger partial charge in [0.2, 0.25) is 0 Å². The SMILES string of the molecule is CCCN1CCN(C([O-])=NC)CC1. The molecule has 13 heavy (non-hydrogen) atoms. The Kier molecular flexibility index (Phi) is 4.02. The molecule has 0 aliphatic carbocycles. The van der Waals surface area contributed by atoms with Gasteiger partial charge in [-0.2, -0.15) is 0 Å². The number of hydrogen-bond donors (Lipinski definition) is 0. The Balaban J connectivity index is 2.30. The molecule has 0 unspecified atom stereocenters. The van der Waals surface area contributed by atoms with Gasteiger partial charge in [0, 0.05) is 39.2 Å². The maximum absolute atomic E-state index is 11.2. The third-order valence-electron chi connectivity index (χ3n) is 2.37. The topological polar surface area (TPSA) is 41.9 Å². The van der Waals surface area contributed by atoms with Crippen molar-refractivity contribution in [3.63, 3.8) is 0 Å². The van der Waals surface area contributed by atoms with Gasteiger partial charge in [0.05, 0.1) is 0 Å². The van der Waals surface area contributed by atoms with Crippen molar-refractivity contribution < 1.29 is 5.11 Å². The average Bonchev–Trinajstić information content (AvgIpc) is 2.18. The molecule has 0 radical (unpaired) electrons. The van der Waals surface area contributed by atoms with E-state index < -0.39 is 0 Å². The lowest BCUT2D eigenvalue weighted by Gasteiger charge is -2.38. The van der Waals surface area contributed by atoms with Crippen molar-refractivity contribution in [2.24, 2.45) is 4.99 Å². The van der Waals surface area contributed by atoms with Crippen LogP contribution >= 0.6 is 0 Å². The third-order valence-corrected chi connectivity index (χ3v) is 2.37. The van der Waals surface area contributed by atoms with Gasteiger partial charge in [0.25, 0.3) is 0 Å². The van der Waals surface area contributed by atoms with Crippen molar-refractivity contribution in [1.29, 1.82) is 0 Å². The van der Waals surface area contributed by atoms with E-state index in [4.69, 9.17) is 0 Å².